The van der Waals surface area contributed by atoms with Crippen molar-refractivity contribution in [2.24, 2.45) is 0 Å². The number of hydrogen-bond donors (Lipinski definition) is 2. The van der Waals surface area contributed by atoms with Gasteiger partial charge in [0.05, 0.1) is 17.1 Å². The molecule has 2 aromatic rings. The van der Waals surface area contributed by atoms with Gasteiger partial charge in [-0.15, -0.1) is 5.10 Å². The second-order valence-electron chi connectivity index (χ2n) is 4.09. The Bertz CT molecular complexity index is 763. The fraction of sp³-hybridized carbons (Fsp3) is 0.182. The van der Waals surface area contributed by atoms with E-state index in [1.54, 1.807) is 13.8 Å². The first kappa shape index (κ1) is 14.1. The van der Waals surface area contributed by atoms with E-state index in [9.17, 15) is 12.8 Å². The molecule has 3 N–H and O–H groups in total. The maximum absolute atomic E-state index is 12.9. The van der Waals surface area contributed by atoms with Crippen LogP contribution < -0.4 is 10.5 Å². The van der Waals surface area contributed by atoms with E-state index in [2.05, 4.69) is 19.9 Å². The number of sulfonamides is 1. The number of nitrogens with two attached hydrogens (primary N) is 1. The topological polar surface area (TPSA) is 111 Å². The summed E-state index contributed by atoms with van der Waals surface area (Å²) >= 11 is 0. The van der Waals surface area contributed by atoms with Crippen molar-refractivity contribution in [1.29, 1.82) is 0 Å². The van der Waals surface area contributed by atoms with Crippen molar-refractivity contribution in [3.8, 4) is 0 Å². The second kappa shape index (κ2) is 5.00. The van der Waals surface area contributed by atoms with Crippen molar-refractivity contribution in [2.75, 3.05) is 10.5 Å². The van der Waals surface area contributed by atoms with Crippen molar-refractivity contribution in [3.05, 3.63) is 35.4 Å². The maximum atomic E-state index is 12.9. The number of nitrogens with zero attached hydrogens (tertiary/aromatic N) is 3. The number of halogens is 1. The average Bonchev–Trinajstić information content (AvgIpc) is 2.33. The van der Waals surface area contributed by atoms with Crippen LogP contribution in [0.5, 0.6) is 0 Å². The van der Waals surface area contributed by atoms with Crippen molar-refractivity contribution < 1.29 is 12.8 Å². The largest absolute Gasteiger partial charge is 0.398 e. The van der Waals surface area contributed by atoms with Crippen molar-refractivity contribution >= 4 is 21.7 Å². The van der Waals surface area contributed by atoms with Gasteiger partial charge in [-0.2, -0.15) is 5.10 Å². The van der Waals surface area contributed by atoms with E-state index >= 15 is 0 Å². The van der Waals surface area contributed by atoms with Crippen LogP contribution in [-0.2, 0) is 10.0 Å². The fourth-order valence-electron chi connectivity index (χ4n) is 1.44. The summed E-state index contributed by atoms with van der Waals surface area (Å²) in [5.41, 5.74) is 6.44. The Morgan fingerprint density at radius 2 is 1.90 bits per heavy atom. The highest BCUT2D eigenvalue weighted by Gasteiger charge is 2.19. The van der Waals surface area contributed by atoms with E-state index in [-0.39, 0.29) is 16.5 Å². The van der Waals surface area contributed by atoms with Crippen LogP contribution in [0.1, 0.15) is 11.4 Å². The first-order valence-electron chi connectivity index (χ1n) is 5.55. The fourth-order valence-corrected chi connectivity index (χ4v) is 2.49. The Labute approximate surface area is 115 Å². The lowest BCUT2D eigenvalue weighted by Crippen LogP contribution is -2.17. The highest BCUT2D eigenvalue weighted by atomic mass is 32.2. The SMILES string of the molecule is Cc1nnc(NS(=O)(=O)c2ccc(F)cc2N)nc1C. The number of hydrogen-bond acceptors (Lipinski definition) is 6. The maximum Gasteiger partial charge on any atom is 0.266 e. The minimum atomic E-state index is -4.00. The molecule has 0 radical (unpaired) electrons. The van der Waals surface area contributed by atoms with E-state index in [1.807, 2.05) is 0 Å². The lowest BCUT2D eigenvalue weighted by Gasteiger charge is -2.09. The van der Waals surface area contributed by atoms with Crippen LogP contribution >= 0.6 is 0 Å². The van der Waals surface area contributed by atoms with Crippen molar-refractivity contribution in [1.82, 2.24) is 15.2 Å². The molecule has 0 aliphatic carbocycles. The Balaban J connectivity index is 2.38. The number of aryl methyl sites for hydroxylation is 2. The molecule has 0 atom stereocenters. The molecule has 20 heavy (non-hydrogen) atoms. The molecule has 0 amide bonds. The Morgan fingerprint density at radius 1 is 1.20 bits per heavy atom. The van der Waals surface area contributed by atoms with Crippen molar-refractivity contribution in [2.45, 2.75) is 18.7 Å². The number of benzene rings is 1. The van der Waals surface area contributed by atoms with Crippen LogP contribution in [0.4, 0.5) is 16.0 Å². The van der Waals surface area contributed by atoms with Gasteiger partial charge in [-0.3, -0.25) is 0 Å². The van der Waals surface area contributed by atoms with E-state index in [0.29, 0.717) is 11.4 Å². The van der Waals surface area contributed by atoms with Gasteiger partial charge < -0.3 is 5.73 Å². The summed E-state index contributed by atoms with van der Waals surface area (Å²) in [4.78, 5) is 3.70. The van der Waals surface area contributed by atoms with E-state index in [4.69, 9.17) is 5.73 Å². The molecule has 0 saturated carbocycles. The third-order valence-corrected chi connectivity index (χ3v) is 3.98. The molecule has 0 fully saturated rings. The molecule has 0 unspecified atom stereocenters. The molecule has 1 aromatic heterocycles. The van der Waals surface area contributed by atoms with Crippen LogP contribution in [0.2, 0.25) is 0 Å². The van der Waals surface area contributed by atoms with Crippen LogP contribution in [0, 0.1) is 19.7 Å². The van der Waals surface area contributed by atoms with Gasteiger partial charge in [0, 0.05) is 0 Å². The molecule has 0 saturated heterocycles. The van der Waals surface area contributed by atoms with Gasteiger partial charge in [0.15, 0.2) is 0 Å². The van der Waals surface area contributed by atoms with Crippen LogP contribution in [0.15, 0.2) is 23.1 Å². The molecule has 1 heterocycles. The quantitative estimate of drug-likeness (QED) is 0.818. The third-order valence-electron chi connectivity index (χ3n) is 2.58. The van der Waals surface area contributed by atoms with E-state index in [0.717, 1.165) is 18.2 Å². The van der Waals surface area contributed by atoms with Crippen LogP contribution in [-0.4, -0.2) is 23.6 Å². The number of anilines is 2. The summed E-state index contributed by atoms with van der Waals surface area (Å²) < 4.78 is 39.3. The van der Waals surface area contributed by atoms with Crippen LogP contribution in [0.3, 0.4) is 0 Å². The zero-order chi connectivity index (χ0) is 14.9. The van der Waals surface area contributed by atoms with E-state index in [1.165, 1.54) is 0 Å². The molecule has 1 aromatic carbocycles. The van der Waals surface area contributed by atoms with Gasteiger partial charge in [-0.05, 0) is 32.0 Å². The zero-order valence-corrected chi connectivity index (χ0v) is 11.6. The summed E-state index contributed by atoms with van der Waals surface area (Å²) in [5, 5.41) is 7.39. The predicted molar refractivity (Wildman–Crippen MR) is 70.9 cm³/mol. The molecule has 0 aliphatic heterocycles. The normalized spacial score (nSPS) is 11.3. The van der Waals surface area contributed by atoms with Gasteiger partial charge in [0.1, 0.15) is 10.7 Å². The molecule has 0 bridgehead atoms. The Hall–Kier alpha value is -2.29. The van der Waals surface area contributed by atoms with Crippen molar-refractivity contribution in [3.63, 3.8) is 0 Å². The molecular weight excluding hydrogens is 285 g/mol. The first-order chi connectivity index (χ1) is 9.29. The Morgan fingerprint density at radius 3 is 2.50 bits per heavy atom. The highest BCUT2D eigenvalue weighted by molar-refractivity contribution is 7.92. The second-order valence-corrected chi connectivity index (χ2v) is 5.74. The minimum Gasteiger partial charge on any atom is -0.398 e. The van der Waals surface area contributed by atoms with Gasteiger partial charge in [0.25, 0.3) is 16.0 Å². The minimum absolute atomic E-state index is 0.170. The van der Waals surface area contributed by atoms with E-state index < -0.39 is 15.8 Å². The monoisotopic (exact) mass is 297 g/mol. The molecule has 0 spiro atoms. The van der Waals surface area contributed by atoms with Gasteiger partial charge >= 0.3 is 0 Å². The summed E-state index contributed by atoms with van der Waals surface area (Å²) in [6, 6.07) is 3.00. The predicted octanol–water partition coefficient (Wildman–Crippen LogP) is 1.01. The molecule has 9 heteroatoms. The number of nitrogens with one attached hydrogen (secondary N) is 1. The zero-order valence-electron chi connectivity index (χ0n) is 10.8. The lowest BCUT2D eigenvalue weighted by molar-refractivity contribution is 0.599. The number of rotatable bonds is 3. The highest BCUT2D eigenvalue weighted by Crippen LogP contribution is 2.21. The molecular formula is C11H12FN5O2S. The van der Waals surface area contributed by atoms with Gasteiger partial charge in [-0.25, -0.2) is 22.5 Å². The molecule has 2 rings (SSSR count). The Kier molecular flexibility index (Phi) is 3.53. The lowest BCUT2D eigenvalue weighted by atomic mass is 10.3. The summed E-state index contributed by atoms with van der Waals surface area (Å²) in [6.07, 6.45) is 0. The third kappa shape index (κ3) is 2.82. The first-order valence-corrected chi connectivity index (χ1v) is 7.03. The van der Waals surface area contributed by atoms with Gasteiger partial charge in [-0.1, -0.05) is 0 Å². The van der Waals surface area contributed by atoms with Crippen LogP contribution in [0.25, 0.3) is 0 Å². The molecule has 0 aliphatic rings. The number of nitrogen functional groups attached to an aromatic ring is 1. The summed E-state index contributed by atoms with van der Waals surface area (Å²) in [5.74, 6) is -0.789. The smallest absolute Gasteiger partial charge is 0.266 e. The molecule has 7 nitrogen and oxygen atoms in total. The standard InChI is InChI=1S/C11H12FN5O2S/c1-6-7(2)15-16-11(14-6)17-20(18,19)10-4-3-8(12)5-9(10)13/h3-5H,13H2,1-2H3,(H,14,16,17). The average molecular weight is 297 g/mol. The van der Waals surface area contributed by atoms with Gasteiger partial charge in [0.2, 0.25) is 0 Å². The summed E-state index contributed by atoms with van der Waals surface area (Å²) in [6.45, 7) is 3.37. The summed E-state index contributed by atoms with van der Waals surface area (Å²) in [7, 11) is -4.00. The molecule has 106 valence electrons. The number of aromatic nitrogens is 3.